The van der Waals surface area contributed by atoms with Crippen LogP contribution in [-0.2, 0) is 16.1 Å². The van der Waals surface area contributed by atoms with E-state index in [2.05, 4.69) is 5.10 Å². The summed E-state index contributed by atoms with van der Waals surface area (Å²) >= 11 is 0. The molecular formula is C14H21N3O3. The standard InChI is InChI=1S/C14H21N3O3/c1-10-7-11(2)17(15-10)9-13(18)16-5-3-12(4-6-16)8-14(19)20/h7,12H,3-6,8-9H2,1-2H3,(H,19,20). The summed E-state index contributed by atoms with van der Waals surface area (Å²) in [5.41, 5.74) is 1.90. The summed E-state index contributed by atoms with van der Waals surface area (Å²) in [6.45, 7) is 5.41. The van der Waals surface area contributed by atoms with Gasteiger partial charge in [-0.2, -0.15) is 5.10 Å². The van der Waals surface area contributed by atoms with E-state index in [-0.39, 0.29) is 24.8 Å². The number of likely N-dealkylation sites (tertiary alicyclic amines) is 1. The van der Waals surface area contributed by atoms with Crippen molar-refractivity contribution in [3.63, 3.8) is 0 Å². The van der Waals surface area contributed by atoms with Crippen molar-refractivity contribution in [3.8, 4) is 0 Å². The second-order valence-corrected chi connectivity index (χ2v) is 5.51. The maximum atomic E-state index is 12.2. The van der Waals surface area contributed by atoms with E-state index in [0.717, 1.165) is 24.2 Å². The van der Waals surface area contributed by atoms with Crippen LogP contribution in [0.25, 0.3) is 0 Å². The van der Waals surface area contributed by atoms with E-state index in [0.29, 0.717) is 13.1 Å². The van der Waals surface area contributed by atoms with Crippen LogP contribution in [0.15, 0.2) is 6.07 Å². The number of nitrogens with zero attached hydrogens (tertiary/aromatic N) is 3. The molecule has 1 N–H and O–H groups in total. The predicted molar refractivity (Wildman–Crippen MR) is 73.3 cm³/mol. The number of piperidine rings is 1. The van der Waals surface area contributed by atoms with Gasteiger partial charge in [0.05, 0.1) is 5.69 Å². The molecule has 1 amide bonds. The summed E-state index contributed by atoms with van der Waals surface area (Å²) in [4.78, 5) is 24.7. The molecule has 2 heterocycles. The Morgan fingerprint density at radius 1 is 1.35 bits per heavy atom. The van der Waals surface area contributed by atoms with E-state index in [9.17, 15) is 9.59 Å². The number of carboxylic acids is 1. The predicted octanol–water partition coefficient (Wildman–Crippen LogP) is 1.21. The highest BCUT2D eigenvalue weighted by atomic mass is 16.4. The number of amides is 1. The number of carbonyl (C=O) groups is 2. The van der Waals surface area contributed by atoms with Crippen molar-refractivity contribution < 1.29 is 14.7 Å². The molecule has 0 aliphatic carbocycles. The summed E-state index contributed by atoms with van der Waals surface area (Å²) < 4.78 is 1.72. The quantitative estimate of drug-likeness (QED) is 0.899. The van der Waals surface area contributed by atoms with Crippen LogP contribution in [0.5, 0.6) is 0 Å². The van der Waals surface area contributed by atoms with Crippen molar-refractivity contribution in [3.05, 3.63) is 17.5 Å². The molecule has 2 rings (SSSR count). The van der Waals surface area contributed by atoms with Gasteiger partial charge in [0.2, 0.25) is 5.91 Å². The van der Waals surface area contributed by atoms with Crippen LogP contribution in [0.1, 0.15) is 30.7 Å². The smallest absolute Gasteiger partial charge is 0.303 e. The van der Waals surface area contributed by atoms with Crippen LogP contribution in [0.2, 0.25) is 0 Å². The van der Waals surface area contributed by atoms with Gasteiger partial charge in [0.15, 0.2) is 0 Å². The van der Waals surface area contributed by atoms with Crippen molar-refractivity contribution in [2.45, 2.75) is 39.7 Å². The van der Waals surface area contributed by atoms with Gasteiger partial charge in [-0.3, -0.25) is 14.3 Å². The van der Waals surface area contributed by atoms with Gasteiger partial charge < -0.3 is 10.0 Å². The Bertz CT molecular complexity index is 502. The van der Waals surface area contributed by atoms with E-state index < -0.39 is 5.97 Å². The number of hydrogen-bond acceptors (Lipinski definition) is 3. The summed E-state index contributed by atoms with van der Waals surface area (Å²) in [5, 5.41) is 13.1. The molecule has 0 unspecified atom stereocenters. The zero-order valence-corrected chi connectivity index (χ0v) is 12.0. The number of carbonyl (C=O) groups excluding carboxylic acids is 1. The largest absolute Gasteiger partial charge is 0.481 e. The first-order chi connectivity index (χ1) is 9.45. The van der Waals surface area contributed by atoms with E-state index in [1.54, 1.807) is 4.68 Å². The van der Waals surface area contributed by atoms with Crippen LogP contribution < -0.4 is 0 Å². The normalized spacial score (nSPS) is 16.4. The Hall–Kier alpha value is -1.85. The minimum atomic E-state index is -0.752. The molecule has 0 saturated carbocycles. The van der Waals surface area contributed by atoms with Crippen molar-refractivity contribution in [1.82, 2.24) is 14.7 Å². The summed E-state index contributed by atoms with van der Waals surface area (Å²) in [6, 6.07) is 1.95. The third-order valence-electron chi connectivity index (χ3n) is 3.82. The zero-order chi connectivity index (χ0) is 14.7. The lowest BCUT2D eigenvalue weighted by atomic mass is 9.93. The highest BCUT2D eigenvalue weighted by molar-refractivity contribution is 5.76. The van der Waals surface area contributed by atoms with Gasteiger partial charge in [-0.15, -0.1) is 0 Å². The number of rotatable bonds is 4. The minimum absolute atomic E-state index is 0.0602. The molecule has 0 aromatic carbocycles. The fourth-order valence-electron chi connectivity index (χ4n) is 2.70. The fraction of sp³-hybridized carbons (Fsp3) is 0.643. The van der Waals surface area contributed by atoms with E-state index in [1.165, 1.54) is 0 Å². The Morgan fingerprint density at radius 2 is 2.00 bits per heavy atom. The van der Waals surface area contributed by atoms with Crippen molar-refractivity contribution in [2.75, 3.05) is 13.1 Å². The van der Waals surface area contributed by atoms with Crippen LogP contribution >= 0.6 is 0 Å². The third kappa shape index (κ3) is 3.59. The van der Waals surface area contributed by atoms with Crippen molar-refractivity contribution in [1.29, 1.82) is 0 Å². The van der Waals surface area contributed by atoms with Crippen LogP contribution in [-0.4, -0.2) is 44.8 Å². The molecule has 1 aliphatic rings. The van der Waals surface area contributed by atoms with Crippen LogP contribution in [0.4, 0.5) is 0 Å². The Morgan fingerprint density at radius 3 is 2.50 bits per heavy atom. The lowest BCUT2D eigenvalue weighted by Crippen LogP contribution is -2.40. The molecule has 1 aromatic heterocycles. The zero-order valence-electron chi connectivity index (χ0n) is 12.0. The number of aromatic nitrogens is 2. The average molecular weight is 279 g/mol. The van der Waals surface area contributed by atoms with Crippen molar-refractivity contribution in [2.24, 2.45) is 5.92 Å². The summed E-state index contributed by atoms with van der Waals surface area (Å²) in [6.07, 6.45) is 1.75. The molecular weight excluding hydrogens is 258 g/mol. The first-order valence-corrected chi connectivity index (χ1v) is 6.96. The maximum absolute atomic E-state index is 12.2. The van der Waals surface area contributed by atoms with Gasteiger partial charge in [0, 0.05) is 25.2 Å². The Labute approximate surface area is 118 Å². The second kappa shape index (κ2) is 6.07. The van der Waals surface area contributed by atoms with Gasteiger partial charge in [0.1, 0.15) is 6.54 Å². The molecule has 0 bridgehead atoms. The van der Waals surface area contributed by atoms with E-state index in [4.69, 9.17) is 5.11 Å². The topological polar surface area (TPSA) is 75.4 Å². The number of aliphatic carboxylic acids is 1. The first kappa shape index (κ1) is 14.6. The lowest BCUT2D eigenvalue weighted by Gasteiger charge is -2.31. The SMILES string of the molecule is Cc1cc(C)n(CC(=O)N2CCC(CC(=O)O)CC2)n1. The lowest BCUT2D eigenvalue weighted by molar-refractivity contribution is -0.138. The molecule has 6 heteroatoms. The van der Waals surface area contributed by atoms with Crippen molar-refractivity contribution >= 4 is 11.9 Å². The number of carboxylic acid groups (broad SMARTS) is 1. The molecule has 1 fully saturated rings. The Kier molecular flexibility index (Phi) is 4.42. The monoisotopic (exact) mass is 279 g/mol. The minimum Gasteiger partial charge on any atom is -0.481 e. The molecule has 1 saturated heterocycles. The van der Waals surface area contributed by atoms with Gasteiger partial charge in [0.25, 0.3) is 0 Å². The van der Waals surface area contributed by atoms with Gasteiger partial charge in [-0.05, 0) is 38.7 Å². The molecule has 6 nitrogen and oxygen atoms in total. The maximum Gasteiger partial charge on any atom is 0.303 e. The van der Waals surface area contributed by atoms with Crippen LogP contribution in [0.3, 0.4) is 0 Å². The number of hydrogen-bond donors (Lipinski definition) is 1. The average Bonchev–Trinajstić information content (AvgIpc) is 2.68. The molecule has 1 aliphatic heterocycles. The summed E-state index contributed by atoms with van der Waals surface area (Å²) in [7, 11) is 0. The molecule has 1 aromatic rings. The molecule has 0 atom stereocenters. The van der Waals surface area contributed by atoms with Gasteiger partial charge in [-0.1, -0.05) is 0 Å². The molecule has 0 spiro atoms. The summed E-state index contributed by atoms with van der Waals surface area (Å²) in [5.74, 6) is -0.493. The number of aryl methyl sites for hydroxylation is 2. The molecule has 0 radical (unpaired) electrons. The highest BCUT2D eigenvalue weighted by Gasteiger charge is 2.24. The van der Waals surface area contributed by atoms with Crippen LogP contribution in [0, 0.1) is 19.8 Å². The third-order valence-corrected chi connectivity index (χ3v) is 3.82. The van der Waals surface area contributed by atoms with Gasteiger partial charge >= 0.3 is 5.97 Å². The Balaban J connectivity index is 1.86. The van der Waals surface area contributed by atoms with E-state index in [1.807, 2.05) is 24.8 Å². The highest BCUT2D eigenvalue weighted by Crippen LogP contribution is 2.20. The first-order valence-electron chi connectivity index (χ1n) is 6.96. The molecule has 110 valence electrons. The van der Waals surface area contributed by atoms with E-state index >= 15 is 0 Å². The second-order valence-electron chi connectivity index (χ2n) is 5.51. The molecule has 20 heavy (non-hydrogen) atoms. The fourth-order valence-corrected chi connectivity index (χ4v) is 2.70. The van der Waals surface area contributed by atoms with Gasteiger partial charge in [-0.25, -0.2) is 0 Å².